The van der Waals surface area contributed by atoms with Crippen molar-refractivity contribution in [2.24, 2.45) is 0 Å². The van der Waals surface area contributed by atoms with Crippen LogP contribution in [-0.2, 0) is 6.54 Å². The monoisotopic (exact) mass is 231 g/mol. The molecule has 0 N–H and O–H groups in total. The molecule has 0 radical (unpaired) electrons. The minimum absolute atomic E-state index is 0.634. The predicted molar refractivity (Wildman–Crippen MR) is 68.9 cm³/mol. The zero-order valence-corrected chi connectivity index (χ0v) is 10.5. The standard InChI is InChI=1S/C14H17NO2/c1-4-15-10(3)13(9-16)12-8-11(17-5-2)6-7-14(12)15/h6-9H,4-5H2,1-3H3. The Labute approximate surface area is 101 Å². The van der Waals surface area contributed by atoms with Gasteiger partial charge in [0.1, 0.15) is 5.75 Å². The Morgan fingerprint density at radius 1 is 1.35 bits per heavy atom. The zero-order chi connectivity index (χ0) is 12.4. The Balaban J connectivity index is 2.71. The molecule has 1 aromatic heterocycles. The third-order valence-electron chi connectivity index (χ3n) is 3.09. The van der Waals surface area contributed by atoms with E-state index in [0.29, 0.717) is 6.61 Å². The van der Waals surface area contributed by atoms with Crippen molar-refractivity contribution >= 4 is 17.2 Å². The summed E-state index contributed by atoms with van der Waals surface area (Å²) in [5, 5.41) is 0.977. The van der Waals surface area contributed by atoms with Gasteiger partial charge in [0.05, 0.1) is 6.61 Å². The molecule has 0 unspecified atom stereocenters. The van der Waals surface area contributed by atoms with Crippen molar-refractivity contribution in [2.75, 3.05) is 6.61 Å². The van der Waals surface area contributed by atoms with Gasteiger partial charge in [0.2, 0.25) is 0 Å². The summed E-state index contributed by atoms with van der Waals surface area (Å²) in [6.07, 6.45) is 0.930. The topological polar surface area (TPSA) is 31.2 Å². The average molecular weight is 231 g/mol. The second-order valence-electron chi connectivity index (χ2n) is 3.97. The van der Waals surface area contributed by atoms with E-state index in [4.69, 9.17) is 4.74 Å². The molecule has 0 saturated heterocycles. The normalized spacial score (nSPS) is 10.8. The van der Waals surface area contributed by atoms with Gasteiger partial charge < -0.3 is 9.30 Å². The van der Waals surface area contributed by atoms with Crippen LogP contribution in [0.2, 0.25) is 0 Å². The van der Waals surface area contributed by atoms with Crippen molar-refractivity contribution < 1.29 is 9.53 Å². The van der Waals surface area contributed by atoms with Crippen LogP contribution in [0.4, 0.5) is 0 Å². The predicted octanol–water partition coefficient (Wildman–Crippen LogP) is 3.18. The van der Waals surface area contributed by atoms with E-state index in [1.807, 2.05) is 32.0 Å². The average Bonchev–Trinajstić information content (AvgIpc) is 2.60. The highest BCUT2D eigenvalue weighted by Crippen LogP contribution is 2.28. The molecule has 2 aromatic rings. The van der Waals surface area contributed by atoms with Crippen LogP contribution in [0.5, 0.6) is 5.75 Å². The molecule has 0 fully saturated rings. The minimum atomic E-state index is 0.634. The second kappa shape index (κ2) is 4.62. The van der Waals surface area contributed by atoms with Crippen LogP contribution in [0, 0.1) is 6.92 Å². The number of benzene rings is 1. The highest BCUT2D eigenvalue weighted by Gasteiger charge is 2.12. The molecule has 2 rings (SSSR count). The molecule has 3 nitrogen and oxygen atoms in total. The van der Waals surface area contributed by atoms with E-state index in [9.17, 15) is 4.79 Å². The first-order valence-electron chi connectivity index (χ1n) is 5.93. The lowest BCUT2D eigenvalue weighted by atomic mass is 10.1. The van der Waals surface area contributed by atoms with Crippen LogP contribution in [-0.4, -0.2) is 17.5 Å². The number of hydrogen-bond donors (Lipinski definition) is 0. The van der Waals surface area contributed by atoms with Crippen molar-refractivity contribution in [3.63, 3.8) is 0 Å². The van der Waals surface area contributed by atoms with Crippen molar-refractivity contribution in [3.05, 3.63) is 29.5 Å². The molecule has 0 aliphatic heterocycles. The van der Waals surface area contributed by atoms with Gasteiger partial charge in [0.15, 0.2) is 6.29 Å². The van der Waals surface area contributed by atoms with E-state index in [2.05, 4.69) is 11.5 Å². The molecule has 0 atom stereocenters. The van der Waals surface area contributed by atoms with Crippen LogP contribution < -0.4 is 4.74 Å². The van der Waals surface area contributed by atoms with Crippen LogP contribution in [0.1, 0.15) is 29.9 Å². The Morgan fingerprint density at radius 3 is 2.71 bits per heavy atom. The number of ether oxygens (including phenoxy) is 1. The number of hydrogen-bond acceptors (Lipinski definition) is 2. The van der Waals surface area contributed by atoms with E-state index in [-0.39, 0.29) is 0 Å². The van der Waals surface area contributed by atoms with Gasteiger partial charge in [-0.15, -0.1) is 0 Å². The van der Waals surface area contributed by atoms with Gasteiger partial charge in [-0.2, -0.15) is 0 Å². The van der Waals surface area contributed by atoms with E-state index < -0.39 is 0 Å². The SMILES string of the molecule is CCOc1ccc2c(c1)c(C=O)c(C)n2CC. The lowest BCUT2D eigenvalue weighted by Gasteiger charge is -2.05. The van der Waals surface area contributed by atoms with Crippen molar-refractivity contribution in [1.82, 2.24) is 4.57 Å². The molecule has 3 heteroatoms. The van der Waals surface area contributed by atoms with Gasteiger partial charge in [-0.05, 0) is 39.0 Å². The van der Waals surface area contributed by atoms with Gasteiger partial charge in [0, 0.05) is 28.7 Å². The van der Waals surface area contributed by atoms with Crippen LogP contribution in [0.25, 0.3) is 10.9 Å². The van der Waals surface area contributed by atoms with Crippen LogP contribution in [0.15, 0.2) is 18.2 Å². The smallest absolute Gasteiger partial charge is 0.152 e. The van der Waals surface area contributed by atoms with Gasteiger partial charge >= 0.3 is 0 Å². The van der Waals surface area contributed by atoms with E-state index in [1.54, 1.807) is 0 Å². The van der Waals surface area contributed by atoms with Gasteiger partial charge in [0.25, 0.3) is 0 Å². The molecule has 0 spiro atoms. The van der Waals surface area contributed by atoms with Gasteiger partial charge in [-0.25, -0.2) is 0 Å². The Kier molecular flexibility index (Phi) is 3.18. The van der Waals surface area contributed by atoms with E-state index in [1.165, 1.54) is 0 Å². The quantitative estimate of drug-likeness (QED) is 0.757. The Hall–Kier alpha value is -1.77. The van der Waals surface area contributed by atoms with Gasteiger partial charge in [-0.3, -0.25) is 4.79 Å². The first-order valence-corrected chi connectivity index (χ1v) is 5.93. The Bertz CT molecular complexity index is 555. The summed E-state index contributed by atoms with van der Waals surface area (Å²) in [4.78, 5) is 11.2. The first kappa shape index (κ1) is 11.7. The molecule has 0 bridgehead atoms. The number of carbonyl (C=O) groups excluding carboxylic acids is 1. The number of aldehydes is 1. The van der Waals surface area contributed by atoms with Crippen molar-refractivity contribution in [3.8, 4) is 5.75 Å². The highest BCUT2D eigenvalue weighted by molar-refractivity contribution is 6.00. The molecule has 1 aromatic carbocycles. The molecule has 17 heavy (non-hydrogen) atoms. The van der Waals surface area contributed by atoms with Crippen LogP contribution in [0.3, 0.4) is 0 Å². The molecule has 90 valence electrons. The minimum Gasteiger partial charge on any atom is -0.494 e. The summed E-state index contributed by atoms with van der Waals surface area (Å²) in [6, 6.07) is 5.91. The number of rotatable bonds is 4. The summed E-state index contributed by atoms with van der Waals surface area (Å²) < 4.78 is 7.62. The lowest BCUT2D eigenvalue weighted by Crippen LogP contribution is -1.97. The summed E-state index contributed by atoms with van der Waals surface area (Å²) in [7, 11) is 0. The van der Waals surface area contributed by atoms with E-state index >= 15 is 0 Å². The third-order valence-corrected chi connectivity index (χ3v) is 3.09. The fourth-order valence-corrected chi connectivity index (χ4v) is 2.30. The second-order valence-corrected chi connectivity index (χ2v) is 3.97. The number of aromatic nitrogens is 1. The maximum atomic E-state index is 11.2. The fraction of sp³-hybridized carbons (Fsp3) is 0.357. The van der Waals surface area contributed by atoms with Gasteiger partial charge in [-0.1, -0.05) is 0 Å². The Morgan fingerprint density at radius 2 is 2.12 bits per heavy atom. The third kappa shape index (κ3) is 1.82. The molecule has 1 heterocycles. The summed E-state index contributed by atoms with van der Waals surface area (Å²) in [6.45, 7) is 7.51. The summed E-state index contributed by atoms with van der Waals surface area (Å²) >= 11 is 0. The highest BCUT2D eigenvalue weighted by atomic mass is 16.5. The summed E-state index contributed by atoms with van der Waals surface area (Å²) in [5.74, 6) is 0.816. The fourth-order valence-electron chi connectivity index (χ4n) is 2.30. The zero-order valence-electron chi connectivity index (χ0n) is 10.5. The molecule has 0 saturated carbocycles. The number of aryl methyl sites for hydroxylation is 1. The van der Waals surface area contributed by atoms with E-state index in [0.717, 1.165) is 40.7 Å². The number of carbonyl (C=O) groups is 1. The molecular formula is C14H17NO2. The lowest BCUT2D eigenvalue weighted by molar-refractivity contribution is 0.112. The molecular weight excluding hydrogens is 214 g/mol. The maximum absolute atomic E-state index is 11.2. The van der Waals surface area contributed by atoms with Crippen LogP contribution >= 0.6 is 0 Å². The first-order chi connectivity index (χ1) is 8.22. The van der Waals surface area contributed by atoms with Crippen molar-refractivity contribution in [1.29, 1.82) is 0 Å². The number of nitrogens with zero attached hydrogens (tertiary/aromatic N) is 1. The van der Waals surface area contributed by atoms with Crippen molar-refractivity contribution in [2.45, 2.75) is 27.3 Å². The molecule has 0 amide bonds. The number of fused-ring (bicyclic) bond motifs is 1. The largest absolute Gasteiger partial charge is 0.494 e. The maximum Gasteiger partial charge on any atom is 0.152 e. The summed E-state index contributed by atoms with van der Waals surface area (Å²) in [5.41, 5.74) is 2.88. The molecule has 0 aliphatic rings. The molecule has 0 aliphatic carbocycles.